The van der Waals surface area contributed by atoms with Gasteiger partial charge in [-0.1, -0.05) is 41.9 Å². The Morgan fingerprint density at radius 1 is 0.905 bits per heavy atom. The Balaban J connectivity index is 2.08. The van der Waals surface area contributed by atoms with Gasteiger partial charge in [0.25, 0.3) is 0 Å². The molecule has 0 amide bonds. The van der Waals surface area contributed by atoms with Crippen molar-refractivity contribution < 1.29 is 0 Å². The Labute approximate surface area is 128 Å². The van der Waals surface area contributed by atoms with Crippen molar-refractivity contribution in [1.82, 2.24) is 9.97 Å². The zero-order chi connectivity index (χ0) is 14.7. The van der Waals surface area contributed by atoms with Gasteiger partial charge in [0.15, 0.2) is 5.82 Å². The second kappa shape index (κ2) is 5.78. The van der Waals surface area contributed by atoms with Crippen LogP contribution in [0.5, 0.6) is 0 Å². The van der Waals surface area contributed by atoms with Crippen molar-refractivity contribution in [3.8, 4) is 34.9 Å². The lowest BCUT2D eigenvalue weighted by molar-refractivity contribution is 1.16. The summed E-state index contributed by atoms with van der Waals surface area (Å²) in [5, 5.41) is 0.678. The van der Waals surface area contributed by atoms with Gasteiger partial charge >= 0.3 is 0 Å². The Morgan fingerprint density at radius 3 is 2.29 bits per heavy atom. The Bertz CT molecular complexity index is 803. The lowest BCUT2D eigenvalue weighted by Gasteiger charge is -2.06. The van der Waals surface area contributed by atoms with E-state index in [1.165, 1.54) is 0 Å². The van der Waals surface area contributed by atoms with Crippen LogP contribution in [0.1, 0.15) is 5.69 Å². The highest BCUT2D eigenvalue weighted by Gasteiger charge is 2.08. The average Bonchev–Trinajstić information content (AvgIpc) is 2.56. The molecule has 0 aliphatic carbocycles. The molecule has 0 spiro atoms. The first-order chi connectivity index (χ1) is 10.3. The molecule has 0 aliphatic heterocycles. The van der Waals surface area contributed by atoms with Crippen LogP contribution in [0.25, 0.3) is 22.5 Å². The molecule has 21 heavy (non-hydrogen) atoms. The molecular formula is C18H11ClN2. The Hall–Kier alpha value is -2.63. The van der Waals surface area contributed by atoms with Gasteiger partial charge in [-0.05, 0) is 35.7 Å². The van der Waals surface area contributed by atoms with Crippen molar-refractivity contribution in [2.45, 2.75) is 0 Å². The third-order valence-corrected chi connectivity index (χ3v) is 3.36. The zero-order valence-electron chi connectivity index (χ0n) is 11.1. The fourth-order valence-corrected chi connectivity index (χ4v) is 2.18. The molecule has 0 unspecified atom stereocenters. The van der Waals surface area contributed by atoms with Crippen molar-refractivity contribution in [2.75, 3.05) is 0 Å². The summed E-state index contributed by atoms with van der Waals surface area (Å²) in [6, 6.07) is 17.2. The van der Waals surface area contributed by atoms with Crippen molar-refractivity contribution >= 4 is 11.6 Å². The van der Waals surface area contributed by atoms with Crippen LogP contribution in [0, 0.1) is 12.3 Å². The number of hydrogen-bond donors (Lipinski definition) is 0. The molecule has 0 N–H and O–H groups in total. The van der Waals surface area contributed by atoms with E-state index in [2.05, 4.69) is 15.9 Å². The summed E-state index contributed by atoms with van der Waals surface area (Å²) in [5.74, 6) is 3.23. The molecule has 1 aromatic heterocycles. The van der Waals surface area contributed by atoms with Gasteiger partial charge in [-0.3, -0.25) is 0 Å². The van der Waals surface area contributed by atoms with Crippen LogP contribution < -0.4 is 0 Å². The number of rotatable bonds is 2. The molecule has 3 heteroatoms. The van der Waals surface area contributed by atoms with Crippen LogP contribution in [0.4, 0.5) is 0 Å². The van der Waals surface area contributed by atoms with E-state index >= 15 is 0 Å². The molecule has 2 aromatic carbocycles. The van der Waals surface area contributed by atoms with Gasteiger partial charge in [0.2, 0.25) is 0 Å². The van der Waals surface area contributed by atoms with E-state index in [1.54, 1.807) is 18.3 Å². The van der Waals surface area contributed by atoms with Crippen molar-refractivity contribution in [3.05, 3.63) is 71.5 Å². The van der Waals surface area contributed by atoms with Crippen molar-refractivity contribution in [1.29, 1.82) is 0 Å². The summed E-state index contributed by atoms with van der Waals surface area (Å²) in [7, 11) is 0. The Kier molecular flexibility index (Phi) is 3.68. The molecule has 0 saturated heterocycles. The van der Waals surface area contributed by atoms with E-state index in [4.69, 9.17) is 18.0 Å². The van der Waals surface area contributed by atoms with Gasteiger partial charge in [-0.2, -0.15) is 0 Å². The molecule has 1 heterocycles. The maximum atomic E-state index is 5.89. The summed E-state index contributed by atoms with van der Waals surface area (Å²) in [4.78, 5) is 8.89. The summed E-state index contributed by atoms with van der Waals surface area (Å²) in [6.07, 6.45) is 7.36. The lowest BCUT2D eigenvalue weighted by atomic mass is 10.1. The standard InChI is InChI=1S/C18H11ClN2/c1-2-17-16(13-6-4-3-5-7-13)12-20-18(21-17)14-8-10-15(19)11-9-14/h1,3-12H. The van der Waals surface area contributed by atoms with E-state index in [0.717, 1.165) is 16.7 Å². The number of nitrogens with zero attached hydrogens (tertiary/aromatic N) is 2. The highest BCUT2D eigenvalue weighted by molar-refractivity contribution is 6.30. The molecule has 0 atom stereocenters. The van der Waals surface area contributed by atoms with Crippen molar-refractivity contribution in [3.63, 3.8) is 0 Å². The Morgan fingerprint density at radius 2 is 1.62 bits per heavy atom. The molecule has 0 fully saturated rings. The second-order valence-electron chi connectivity index (χ2n) is 4.47. The predicted molar refractivity (Wildman–Crippen MR) is 85.8 cm³/mol. The van der Waals surface area contributed by atoms with E-state index in [0.29, 0.717) is 16.5 Å². The van der Waals surface area contributed by atoms with Crippen LogP contribution in [0.15, 0.2) is 60.8 Å². The number of benzene rings is 2. The first-order valence-corrected chi connectivity index (χ1v) is 6.81. The minimum atomic E-state index is 0.584. The molecule has 0 saturated carbocycles. The molecule has 0 radical (unpaired) electrons. The molecule has 0 aliphatic rings. The zero-order valence-corrected chi connectivity index (χ0v) is 11.9. The van der Waals surface area contributed by atoms with Crippen LogP contribution in [0.2, 0.25) is 5.02 Å². The second-order valence-corrected chi connectivity index (χ2v) is 4.91. The third kappa shape index (κ3) is 2.79. The summed E-state index contributed by atoms with van der Waals surface area (Å²) in [5.41, 5.74) is 3.33. The van der Waals surface area contributed by atoms with Gasteiger partial charge in [0.1, 0.15) is 5.69 Å². The van der Waals surface area contributed by atoms with Gasteiger partial charge in [0.05, 0.1) is 0 Å². The van der Waals surface area contributed by atoms with Crippen molar-refractivity contribution in [2.24, 2.45) is 0 Å². The SMILES string of the molecule is C#Cc1nc(-c2ccc(Cl)cc2)ncc1-c1ccccc1. The number of terminal acetylenes is 1. The monoisotopic (exact) mass is 290 g/mol. The smallest absolute Gasteiger partial charge is 0.160 e. The van der Waals surface area contributed by atoms with Gasteiger partial charge in [0, 0.05) is 22.3 Å². The fourth-order valence-electron chi connectivity index (χ4n) is 2.06. The predicted octanol–water partition coefficient (Wildman–Crippen LogP) is 4.45. The quantitative estimate of drug-likeness (QED) is 0.652. The van der Waals surface area contributed by atoms with Crippen LogP contribution in [-0.2, 0) is 0 Å². The molecule has 100 valence electrons. The molecule has 2 nitrogen and oxygen atoms in total. The average molecular weight is 291 g/mol. The van der Waals surface area contributed by atoms with Gasteiger partial charge < -0.3 is 0 Å². The van der Waals surface area contributed by atoms with E-state index in [1.807, 2.05) is 42.5 Å². The minimum Gasteiger partial charge on any atom is -0.236 e. The third-order valence-electron chi connectivity index (χ3n) is 3.11. The molecule has 0 bridgehead atoms. The van der Waals surface area contributed by atoms with E-state index < -0.39 is 0 Å². The van der Waals surface area contributed by atoms with Gasteiger partial charge in [-0.25, -0.2) is 9.97 Å². The fraction of sp³-hybridized carbons (Fsp3) is 0. The van der Waals surface area contributed by atoms with Gasteiger partial charge in [-0.15, -0.1) is 6.42 Å². The molecule has 3 rings (SSSR count). The summed E-state index contributed by atoms with van der Waals surface area (Å²) >= 11 is 5.89. The normalized spacial score (nSPS) is 10.1. The molecular weight excluding hydrogens is 280 g/mol. The number of hydrogen-bond acceptors (Lipinski definition) is 2. The first kappa shape index (κ1) is 13.4. The highest BCUT2D eigenvalue weighted by Crippen LogP contribution is 2.24. The largest absolute Gasteiger partial charge is 0.236 e. The maximum absolute atomic E-state index is 5.89. The first-order valence-electron chi connectivity index (χ1n) is 6.43. The van der Waals surface area contributed by atoms with Crippen LogP contribution in [0.3, 0.4) is 0 Å². The minimum absolute atomic E-state index is 0.584. The van der Waals surface area contributed by atoms with E-state index in [9.17, 15) is 0 Å². The maximum Gasteiger partial charge on any atom is 0.160 e. The summed E-state index contributed by atoms with van der Waals surface area (Å²) in [6.45, 7) is 0. The number of halogens is 1. The van der Waals surface area contributed by atoms with E-state index in [-0.39, 0.29) is 0 Å². The van der Waals surface area contributed by atoms with Crippen LogP contribution >= 0.6 is 11.6 Å². The highest BCUT2D eigenvalue weighted by atomic mass is 35.5. The van der Waals surface area contributed by atoms with Crippen LogP contribution in [-0.4, -0.2) is 9.97 Å². The lowest BCUT2D eigenvalue weighted by Crippen LogP contribution is -1.95. The number of aromatic nitrogens is 2. The topological polar surface area (TPSA) is 25.8 Å². The summed E-state index contributed by atoms with van der Waals surface area (Å²) < 4.78 is 0. The molecule has 3 aromatic rings.